The molecule has 2 heterocycles. The Morgan fingerprint density at radius 2 is 2.37 bits per heavy atom. The summed E-state index contributed by atoms with van der Waals surface area (Å²) in [6, 6.07) is 2.92. The molecule has 1 aromatic heterocycles. The molecule has 0 saturated carbocycles. The molecule has 1 fully saturated rings. The van der Waals surface area contributed by atoms with Crippen molar-refractivity contribution in [1.82, 2.24) is 4.98 Å². The van der Waals surface area contributed by atoms with Crippen LogP contribution in [-0.2, 0) is 4.74 Å². The van der Waals surface area contributed by atoms with Gasteiger partial charge < -0.3 is 25.6 Å². The number of carbonyl (C=O) groups is 1. The Hall–Kier alpha value is -1.86. The predicted octanol–water partition coefficient (Wildman–Crippen LogP) is -0.0520. The SMILES string of the molecule is CC1COC(CO)CN1c1nc(C(=O)O)ccc1N. The summed E-state index contributed by atoms with van der Waals surface area (Å²) in [5.41, 5.74) is 6.23. The molecule has 2 atom stereocenters. The molecule has 7 heteroatoms. The fourth-order valence-corrected chi connectivity index (χ4v) is 2.03. The van der Waals surface area contributed by atoms with Crippen LogP contribution in [-0.4, -0.2) is 53.1 Å². The number of nitrogens with zero attached hydrogens (tertiary/aromatic N) is 2. The molecule has 0 aliphatic carbocycles. The van der Waals surface area contributed by atoms with Crippen LogP contribution in [0.5, 0.6) is 0 Å². The number of ether oxygens (including phenoxy) is 1. The lowest BCUT2D eigenvalue weighted by Crippen LogP contribution is -2.50. The average molecular weight is 267 g/mol. The van der Waals surface area contributed by atoms with Crippen LogP contribution < -0.4 is 10.6 Å². The summed E-state index contributed by atoms with van der Waals surface area (Å²) in [6.45, 7) is 2.70. The Labute approximate surface area is 110 Å². The van der Waals surface area contributed by atoms with Crippen molar-refractivity contribution in [2.75, 3.05) is 30.4 Å². The highest BCUT2D eigenvalue weighted by Crippen LogP contribution is 2.26. The van der Waals surface area contributed by atoms with Gasteiger partial charge in [0.25, 0.3) is 0 Å². The quantitative estimate of drug-likeness (QED) is 0.704. The van der Waals surface area contributed by atoms with Crippen molar-refractivity contribution in [2.24, 2.45) is 0 Å². The number of nitrogen functional groups attached to an aromatic ring is 1. The maximum absolute atomic E-state index is 11.0. The maximum Gasteiger partial charge on any atom is 0.354 e. The largest absolute Gasteiger partial charge is 0.477 e. The normalized spacial score (nSPS) is 23.4. The zero-order valence-corrected chi connectivity index (χ0v) is 10.6. The molecule has 104 valence electrons. The summed E-state index contributed by atoms with van der Waals surface area (Å²) >= 11 is 0. The first kappa shape index (κ1) is 13.6. The van der Waals surface area contributed by atoms with Crippen molar-refractivity contribution in [3.05, 3.63) is 17.8 Å². The Bertz CT molecular complexity index is 480. The van der Waals surface area contributed by atoms with Gasteiger partial charge in [-0.05, 0) is 19.1 Å². The number of aromatic carboxylic acids is 1. The van der Waals surface area contributed by atoms with Gasteiger partial charge in [0, 0.05) is 6.54 Å². The number of hydrogen-bond acceptors (Lipinski definition) is 6. The zero-order valence-electron chi connectivity index (χ0n) is 10.6. The molecular weight excluding hydrogens is 250 g/mol. The number of rotatable bonds is 3. The Morgan fingerprint density at radius 3 is 3.00 bits per heavy atom. The molecule has 0 spiro atoms. The third-order valence-corrected chi connectivity index (χ3v) is 3.11. The van der Waals surface area contributed by atoms with Gasteiger partial charge >= 0.3 is 5.97 Å². The van der Waals surface area contributed by atoms with Crippen LogP contribution >= 0.6 is 0 Å². The summed E-state index contributed by atoms with van der Waals surface area (Å²) in [5.74, 6) is -0.671. The molecule has 2 unspecified atom stereocenters. The van der Waals surface area contributed by atoms with E-state index in [1.54, 1.807) is 0 Å². The maximum atomic E-state index is 11.0. The van der Waals surface area contributed by atoms with Gasteiger partial charge in [-0.25, -0.2) is 9.78 Å². The highest BCUT2D eigenvalue weighted by atomic mass is 16.5. The summed E-state index contributed by atoms with van der Waals surface area (Å²) in [5, 5.41) is 18.1. The molecule has 1 aliphatic heterocycles. The van der Waals surface area contributed by atoms with E-state index in [1.165, 1.54) is 12.1 Å². The van der Waals surface area contributed by atoms with Gasteiger partial charge in [0.2, 0.25) is 0 Å². The van der Waals surface area contributed by atoms with Crippen LogP contribution in [0.2, 0.25) is 0 Å². The van der Waals surface area contributed by atoms with Crippen molar-refractivity contribution >= 4 is 17.5 Å². The van der Waals surface area contributed by atoms with E-state index in [9.17, 15) is 4.79 Å². The first-order chi connectivity index (χ1) is 9.02. The number of morpholine rings is 1. The van der Waals surface area contributed by atoms with E-state index in [2.05, 4.69) is 4.98 Å². The Balaban J connectivity index is 2.33. The number of nitrogens with two attached hydrogens (primary N) is 1. The first-order valence-electron chi connectivity index (χ1n) is 6.02. The highest BCUT2D eigenvalue weighted by Gasteiger charge is 2.28. The second kappa shape index (κ2) is 5.41. The van der Waals surface area contributed by atoms with E-state index in [-0.39, 0.29) is 24.4 Å². The third-order valence-electron chi connectivity index (χ3n) is 3.11. The lowest BCUT2D eigenvalue weighted by Gasteiger charge is -2.38. The van der Waals surface area contributed by atoms with Gasteiger partial charge in [-0.2, -0.15) is 0 Å². The molecule has 0 bridgehead atoms. The fraction of sp³-hybridized carbons (Fsp3) is 0.500. The smallest absolute Gasteiger partial charge is 0.354 e. The number of aliphatic hydroxyl groups is 1. The number of carboxylic acid groups (broad SMARTS) is 1. The fourth-order valence-electron chi connectivity index (χ4n) is 2.03. The average Bonchev–Trinajstić information content (AvgIpc) is 2.40. The van der Waals surface area contributed by atoms with E-state index < -0.39 is 5.97 Å². The number of hydrogen-bond donors (Lipinski definition) is 3. The van der Waals surface area contributed by atoms with Crippen LogP contribution in [0, 0.1) is 0 Å². The third kappa shape index (κ3) is 2.77. The van der Waals surface area contributed by atoms with Gasteiger partial charge in [-0.15, -0.1) is 0 Å². The lowest BCUT2D eigenvalue weighted by atomic mass is 10.2. The van der Waals surface area contributed by atoms with Gasteiger partial charge in [0.1, 0.15) is 0 Å². The molecule has 19 heavy (non-hydrogen) atoms. The molecule has 1 saturated heterocycles. The number of carboxylic acids is 1. The minimum atomic E-state index is -1.10. The van der Waals surface area contributed by atoms with E-state index in [4.69, 9.17) is 20.7 Å². The highest BCUT2D eigenvalue weighted by molar-refractivity contribution is 5.87. The van der Waals surface area contributed by atoms with E-state index in [1.807, 2.05) is 11.8 Å². The summed E-state index contributed by atoms with van der Waals surface area (Å²) in [4.78, 5) is 16.9. The van der Waals surface area contributed by atoms with E-state index in [0.717, 1.165) is 0 Å². The molecule has 1 aromatic rings. The molecule has 0 radical (unpaired) electrons. The second-order valence-electron chi connectivity index (χ2n) is 4.55. The zero-order chi connectivity index (χ0) is 14.0. The van der Waals surface area contributed by atoms with Crippen molar-refractivity contribution < 1.29 is 19.7 Å². The van der Waals surface area contributed by atoms with Crippen LogP contribution in [0.1, 0.15) is 17.4 Å². The lowest BCUT2D eigenvalue weighted by molar-refractivity contribution is -0.0105. The van der Waals surface area contributed by atoms with E-state index in [0.29, 0.717) is 24.7 Å². The standard InChI is InChI=1S/C12H17N3O4/c1-7-6-19-8(5-16)4-15(7)11-9(13)2-3-10(14-11)12(17)18/h2-3,7-8,16H,4-6,13H2,1H3,(H,17,18). The van der Waals surface area contributed by atoms with Gasteiger partial charge in [0.15, 0.2) is 11.5 Å². The topological polar surface area (TPSA) is 109 Å². The van der Waals surface area contributed by atoms with Crippen molar-refractivity contribution in [3.8, 4) is 0 Å². The molecule has 0 amide bonds. The van der Waals surface area contributed by atoms with Crippen molar-refractivity contribution in [2.45, 2.75) is 19.1 Å². The van der Waals surface area contributed by atoms with Crippen molar-refractivity contribution in [3.63, 3.8) is 0 Å². The minimum Gasteiger partial charge on any atom is -0.477 e. The molecule has 4 N–H and O–H groups in total. The van der Waals surface area contributed by atoms with Crippen LogP contribution in [0.3, 0.4) is 0 Å². The Morgan fingerprint density at radius 1 is 1.63 bits per heavy atom. The van der Waals surface area contributed by atoms with Crippen LogP contribution in [0.25, 0.3) is 0 Å². The minimum absolute atomic E-state index is 0.0154. The molecular formula is C12H17N3O4. The molecule has 7 nitrogen and oxygen atoms in total. The summed E-state index contributed by atoms with van der Waals surface area (Å²) in [7, 11) is 0. The number of aliphatic hydroxyl groups excluding tert-OH is 1. The van der Waals surface area contributed by atoms with Crippen LogP contribution in [0.4, 0.5) is 11.5 Å². The van der Waals surface area contributed by atoms with Gasteiger partial charge in [-0.3, -0.25) is 0 Å². The summed E-state index contributed by atoms with van der Waals surface area (Å²) in [6.07, 6.45) is -0.314. The molecule has 2 rings (SSSR count). The first-order valence-corrected chi connectivity index (χ1v) is 6.02. The second-order valence-corrected chi connectivity index (χ2v) is 4.55. The van der Waals surface area contributed by atoms with Crippen molar-refractivity contribution in [1.29, 1.82) is 0 Å². The predicted molar refractivity (Wildman–Crippen MR) is 69.2 cm³/mol. The van der Waals surface area contributed by atoms with Gasteiger partial charge in [-0.1, -0.05) is 0 Å². The van der Waals surface area contributed by atoms with Crippen LogP contribution in [0.15, 0.2) is 12.1 Å². The van der Waals surface area contributed by atoms with Gasteiger partial charge in [0.05, 0.1) is 31.0 Å². The number of pyridine rings is 1. The monoisotopic (exact) mass is 267 g/mol. The number of anilines is 2. The van der Waals surface area contributed by atoms with E-state index >= 15 is 0 Å². The number of aromatic nitrogens is 1. The summed E-state index contributed by atoms with van der Waals surface area (Å²) < 4.78 is 5.43. The molecule has 1 aliphatic rings. The molecule has 0 aromatic carbocycles. The Kier molecular flexibility index (Phi) is 3.87.